The van der Waals surface area contributed by atoms with Crippen LogP contribution in [0.25, 0.3) is 0 Å². The van der Waals surface area contributed by atoms with E-state index in [1.165, 1.54) is 13.0 Å². The van der Waals surface area contributed by atoms with Gasteiger partial charge in [-0.15, -0.1) is 0 Å². The van der Waals surface area contributed by atoms with Crippen LogP contribution in [0.15, 0.2) is 12.2 Å². The van der Waals surface area contributed by atoms with Crippen LogP contribution < -0.4 is 5.32 Å². The zero-order valence-corrected chi connectivity index (χ0v) is 16.2. The summed E-state index contributed by atoms with van der Waals surface area (Å²) in [6.45, 7) is 3.55. The minimum Gasteiger partial charge on any atom is -0.387 e. The van der Waals surface area contributed by atoms with Gasteiger partial charge >= 0.3 is 7.82 Å². The maximum Gasteiger partial charge on any atom is 0.472 e. The molecule has 0 aromatic rings. The van der Waals surface area contributed by atoms with Crippen LogP contribution >= 0.6 is 7.82 Å². The van der Waals surface area contributed by atoms with Gasteiger partial charge in [0.1, 0.15) is 13.2 Å². The number of carbonyl (C=O) groups excluding carboxylic acids is 1. The molecule has 0 aromatic carbocycles. The summed E-state index contributed by atoms with van der Waals surface area (Å²) < 4.78 is 22.3. The van der Waals surface area contributed by atoms with Crippen molar-refractivity contribution in [2.75, 3.05) is 40.9 Å². The number of rotatable bonds is 12. The Bertz CT molecular complexity index is 450. The molecule has 0 radical (unpaired) electrons. The highest BCUT2D eigenvalue weighted by molar-refractivity contribution is 7.47. The van der Waals surface area contributed by atoms with Gasteiger partial charge in [-0.3, -0.25) is 13.8 Å². The Balaban J connectivity index is 4.56. The number of phosphoric ester groups is 1. The van der Waals surface area contributed by atoms with Gasteiger partial charge in [0.05, 0.1) is 39.9 Å². The Morgan fingerprint density at radius 3 is 2.46 bits per heavy atom. The third-order valence-electron chi connectivity index (χ3n) is 3.02. The highest BCUT2D eigenvalue weighted by Gasteiger charge is 2.27. The van der Waals surface area contributed by atoms with Crippen LogP contribution in [-0.4, -0.2) is 73.4 Å². The third kappa shape index (κ3) is 12.6. The van der Waals surface area contributed by atoms with Crippen molar-refractivity contribution < 1.29 is 32.9 Å². The number of hydrogen-bond donors (Lipinski definition) is 3. The molecule has 8 nitrogen and oxygen atoms in total. The summed E-state index contributed by atoms with van der Waals surface area (Å²) in [4.78, 5) is 20.9. The average Bonchev–Trinajstić information content (AvgIpc) is 2.41. The molecule has 0 bridgehead atoms. The quantitative estimate of drug-likeness (QED) is 0.271. The molecule has 0 aliphatic carbocycles. The van der Waals surface area contributed by atoms with E-state index in [9.17, 15) is 19.4 Å². The van der Waals surface area contributed by atoms with Gasteiger partial charge in [0.15, 0.2) is 0 Å². The number of amides is 1. The van der Waals surface area contributed by atoms with Crippen molar-refractivity contribution in [3.63, 3.8) is 0 Å². The maximum atomic E-state index is 11.9. The van der Waals surface area contributed by atoms with Crippen LogP contribution in [0.1, 0.15) is 26.7 Å². The first-order valence-corrected chi connectivity index (χ1v) is 9.50. The zero-order chi connectivity index (χ0) is 18.8. The predicted octanol–water partition coefficient (Wildman–Crippen LogP) is 1.05. The van der Waals surface area contributed by atoms with Crippen molar-refractivity contribution in [1.82, 2.24) is 5.32 Å². The number of aliphatic hydroxyl groups excluding tert-OH is 1. The van der Waals surface area contributed by atoms with E-state index in [-0.39, 0.29) is 19.1 Å². The van der Waals surface area contributed by atoms with Gasteiger partial charge in [0, 0.05) is 6.92 Å². The lowest BCUT2D eigenvalue weighted by atomic mass is 10.1. The minimum atomic E-state index is -4.24. The molecule has 1 amide bonds. The minimum absolute atomic E-state index is 0.0566. The Hall–Kier alpha value is -0.760. The van der Waals surface area contributed by atoms with E-state index in [1.54, 1.807) is 6.08 Å². The number of nitrogens with one attached hydrogen (secondary N) is 1. The fourth-order valence-electron chi connectivity index (χ4n) is 1.66. The van der Waals surface area contributed by atoms with Crippen LogP contribution in [0.5, 0.6) is 0 Å². The van der Waals surface area contributed by atoms with E-state index in [2.05, 4.69) is 5.32 Å². The summed E-state index contributed by atoms with van der Waals surface area (Å²) in [6.07, 6.45) is 4.02. The van der Waals surface area contributed by atoms with Gasteiger partial charge in [-0.05, 0) is 6.42 Å². The molecule has 0 heterocycles. The summed E-state index contributed by atoms with van der Waals surface area (Å²) in [5.74, 6) is -0.370. The predicted molar refractivity (Wildman–Crippen MR) is 92.3 cm³/mol. The lowest BCUT2D eigenvalue weighted by molar-refractivity contribution is -0.870. The lowest BCUT2D eigenvalue weighted by Crippen LogP contribution is -2.44. The Morgan fingerprint density at radius 1 is 1.33 bits per heavy atom. The van der Waals surface area contributed by atoms with E-state index in [0.717, 1.165) is 12.8 Å². The average molecular weight is 367 g/mol. The molecule has 3 unspecified atom stereocenters. The van der Waals surface area contributed by atoms with E-state index < -0.39 is 20.0 Å². The van der Waals surface area contributed by atoms with Gasteiger partial charge in [-0.2, -0.15) is 0 Å². The van der Waals surface area contributed by atoms with Gasteiger partial charge in [0.2, 0.25) is 5.91 Å². The van der Waals surface area contributed by atoms with Crippen LogP contribution in [-0.2, 0) is 18.4 Å². The second kappa shape index (κ2) is 11.0. The van der Waals surface area contributed by atoms with Gasteiger partial charge in [0.25, 0.3) is 0 Å². The second-order valence-electron chi connectivity index (χ2n) is 6.63. The highest BCUT2D eigenvalue weighted by Crippen LogP contribution is 2.43. The second-order valence-corrected chi connectivity index (χ2v) is 8.08. The summed E-state index contributed by atoms with van der Waals surface area (Å²) in [6, 6.07) is -0.835. The van der Waals surface area contributed by atoms with E-state index in [1.807, 2.05) is 28.1 Å². The number of carbonyl (C=O) groups is 1. The van der Waals surface area contributed by atoms with Crippen molar-refractivity contribution in [1.29, 1.82) is 0 Å². The molecule has 0 aliphatic heterocycles. The van der Waals surface area contributed by atoms with E-state index >= 15 is 0 Å². The van der Waals surface area contributed by atoms with E-state index in [4.69, 9.17) is 9.05 Å². The fourth-order valence-corrected chi connectivity index (χ4v) is 2.40. The molecule has 0 saturated heterocycles. The largest absolute Gasteiger partial charge is 0.472 e. The molecule has 3 atom stereocenters. The normalized spacial score (nSPS) is 17.5. The molecular formula is C15H32N2O6P+. The van der Waals surface area contributed by atoms with Gasteiger partial charge in [-0.25, -0.2) is 4.57 Å². The van der Waals surface area contributed by atoms with Crippen LogP contribution in [0.2, 0.25) is 0 Å². The molecule has 24 heavy (non-hydrogen) atoms. The third-order valence-corrected chi connectivity index (χ3v) is 4.01. The fraction of sp³-hybridized carbons (Fsp3) is 0.800. The van der Waals surface area contributed by atoms with Crippen molar-refractivity contribution in [3.8, 4) is 0 Å². The number of aliphatic hydroxyl groups is 1. The first-order chi connectivity index (χ1) is 11.0. The van der Waals surface area contributed by atoms with Crippen molar-refractivity contribution in [2.24, 2.45) is 0 Å². The first-order valence-electron chi connectivity index (χ1n) is 8.01. The molecule has 142 valence electrons. The number of nitrogens with zero attached hydrogens (tertiary/aromatic N) is 1. The number of quaternary nitrogens is 1. The number of allylic oxidation sites excluding steroid dienone is 1. The number of hydrogen-bond acceptors (Lipinski definition) is 5. The number of phosphoric acid groups is 1. The monoisotopic (exact) mass is 367 g/mol. The summed E-state index contributed by atoms with van der Waals surface area (Å²) in [5, 5.41) is 12.6. The first kappa shape index (κ1) is 23.2. The summed E-state index contributed by atoms with van der Waals surface area (Å²) in [7, 11) is 1.54. The van der Waals surface area contributed by atoms with Crippen molar-refractivity contribution >= 4 is 13.7 Å². The van der Waals surface area contributed by atoms with Gasteiger partial charge in [-0.1, -0.05) is 25.5 Å². The number of likely N-dealkylation sites (N-methyl/N-ethyl adjacent to an activating group) is 1. The van der Waals surface area contributed by atoms with E-state index in [0.29, 0.717) is 11.0 Å². The molecule has 3 N–H and O–H groups in total. The van der Waals surface area contributed by atoms with Crippen molar-refractivity contribution in [3.05, 3.63) is 12.2 Å². The Labute approximate surface area is 144 Å². The number of unbranched alkanes of at least 4 members (excludes halogenated alkanes) is 1. The Kier molecular flexibility index (Phi) is 10.6. The molecule has 0 saturated carbocycles. The summed E-state index contributed by atoms with van der Waals surface area (Å²) in [5.41, 5.74) is 0. The molecule has 0 aliphatic rings. The molecule has 9 heteroatoms. The van der Waals surface area contributed by atoms with Gasteiger partial charge < -0.3 is 19.8 Å². The summed E-state index contributed by atoms with van der Waals surface area (Å²) >= 11 is 0. The molecule has 0 rings (SSSR count). The molecule has 0 fully saturated rings. The molecular weight excluding hydrogens is 335 g/mol. The Morgan fingerprint density at radius 2 is 1.96 bits per heavy atom. The van der Waals surface area contributed by atoms with Crippen LogP contribution in [0.3, 0.4) is 0 Å². The highest BCUT2D eigenvalue weighted by atomic mass is 31.2. The van der Waals surface area contributed by atoms with Crippen molar-refractivity contribution in [2.45, 2.75) is 38.8 Å². The smallest absolute Gasteiger partial charge is 0.387 e. The maximum absolute atomic E-state index is 11.9. The standard InChI is InChI=1S/C15H31N2O6P/c1-6-7-8-9-15(19)14(16-13(2)18)12-23-24(20,21)22-11-10-17(3,4)5/h8-9,14-15,19H,6-7,10-12H2,1-5H3,(H-,16,18,20,21)/p+1/b9-8+. The topological polar surface area (TPSA) is 105 Å². The van der Waals surface area contributed by atoms with Crippen LogP contribution in [0, 0.1) is 0 Å². The molecule has 0 aromatic heterocycles. The lowest BCUT2D eigenvalue weighted by Gasteiger charge is -2.25. The van der Waals surface area contributed by atoms with Crippen LogP contribution in [0.4, 0.5) is 0 Å². The SMILES string of the molecule is CCC/C=C/C(O)C(COP(=O)(O)OCC[N+](C)(C)C)NC(C)=O. The molecule has 0 spiro atoms. The zero-order valence-electron chi connectivity index (χ0n) is 15.3.